The minimum atomic E-state index is 0.189. The summed E-state index contributed by atoms with van der Waals surface area (Å²) < 4.78 is 5.09. The minimum absolute atomic E-state index is 0.189. The van der Waals surface area contributed by atoms with Crippen LogP contribution in [0, 0.1) is 6.92 Å². The third kappa shape index (κ3) is 4.75. The molecule has 0 aliphatic heterocycles. The molecule has 0 aliphatic carbocycles. The lowest BCUT2D eigenvalue weighted by Gasteiger charge is -2.16. The number of rotatable bonds is 7. The number of ether oxygens (including phenoxy) is 1. The van der Waals surface area contributed by atoms with Crippen molar-refractivity contribution in [2.24, 2.45) is 0 Å². The molecule has 1 aromatic rings. The van der Waals surface area contributed by atoms with E-state index in [1.807, 2.05) is 0 Å². The van der Waals surface area contributed by atoms with Crippen LogP contribution >= 0.6 is 0 Å². The topological polar surface area (TPSA) is 41.5 Å². The van der Waals surface area contributed by atoms with E-state index in [0.29, 0.717) is 6.61 Å². The van der Waals surface area contributed by atoms with Crippen LogP contribution in [-0.2, 0) is 11.3 Å². The van der Waals surface area contributed by atoms with E-state index in [9.17, 15) is 0 Å². The molecule has 0 bridgehead atoms. The zero-order chi connectivity index (χ0) is 11.8. The molecule has 0 heterocycles. The number of aryl methyl sites for hydroxylation is 1. The normalized spacial score (nSPS) is 12.7. The molecule has 0 saturated heterocycles. The van der Waals surface area contributed by atoms with Crippen LogP contribution in [0.15, 0.2) is 24.3 Å². The molecule has 1 atom stereocenters. The molecule has 0 radical (unpaired) electrons. The van der Waals surface area contributed by atoms with Gasteiger partial charge in [-0.25, -0.2) is 0 Å². The average molecular weight is 223 g/mol. The molecule has 16 heavy (non-hydrogen) atoms. The lowest BCUT2D eigenvalue weighted by molar-refractivity contribution is 0.148. The third-order valence-electron chi connectivity index (χ3n) is 2.56. The van der Waals surface area contributed by atoms with Crippen LogP contribution in [0.2, 0.25) is 0 Å². The predicted octanol–water partition coefficient (Wildman–Crippen LogP) is 1.48. The Bertz CT molecular complexity index is 278. The fourth-order valence-corrected chi connectivity index (χ4v) is 1.57. The second-order valence-corrected chi connectivity index (χ2v) is 4.03. The van der Waals surface area contributed by atoms with E-state index in [0.717, 1.165) is 13.0 Å². The van der Waals surface area contributed by atoms with Gasteiger partial charge in [-0.05, 0) is 18.9 Å². The number of hydrogen-bond acceptors (Lipinski definition) is 3. The first-order valence-electron chi connectivity index (χ1n) is 5.65. The van der Waals surface area contributed by atoms with E-state index < -0.39 is 0 Å². The van der Waals surface area contributed by atoms with Gasteiger partial charge < -0.3 is 15.2 Å². The molecule has 1 rings (SSSR count). The molecule has 3 nitrogen and oxygen atoms in total. The van der Waals surface area contributed by atoms with Crippen LogP contribution < -0.4 is 5.32 Å². The number of hydrogen-bond donors (Lipinski definition) is 2. The van der Waals surface area contributed by atoms with Crippen LogP contribution in [0.4, 0.5) is 0 Å². The largest absolute Gasteiger partial charge is 0.396 e. The quantitative estimate of drug-likeness (QED) is 0.735. The van der Waals surface area contributed by atoms with E-state index in [-0.39, 0.29) is 12.6 Å². The van der Waals surface area contributed by atoms with Crippen molar-refractivity contribution in [2.75, 3.05) is 20.3 Å². The third-order valence-corrected chi connectivity index (χ3v) is 2.56. The van der Waals surface area contributed by atoms with Gasteiger partial charge in [-0.15, -0.1) is 0 Å². The Kier molecular flexibility index (Phi) is 6.08. The fourth-order valence-electron chi connectivity index (χ4n) is 1.57. The number of nitrogens with one attached hydrogen (secondary N) is 1. The van der Waals surface area contributed by atoms with E-state index in [1.165, 1.54) is 11.1 Å². The Hall–Kier alpha value is -0.900. The average Bonchev–Trinajstić information content (AvgIpc) is 2.29. The second kappa shape index (κ2) is 7.39. The van der Waals surface area contributed by atoms with Gasteiger partial charge in [-0.2, -0.15) is 0 Å². The lowest BCUT2D eigenvalue weighted by atomic mass is 10.1. The van der Waals surface area contributed by atoms with Crippen molar-refractivity contribution < 1.29 is 9.84 Å². The molecule has 0 spiro atoms. The Labute approximate surface area is 97.4 Å². The maximum Gasteiger partial charge on any atom is 0.0616 e. The van der Waals surface area contributed by atoms with E-state index in [2.05, 4.69) is 36.5 Å². The van der Waals surface area contributed by atoms with E-state index >= 15 is 0 Å². The first-order chi connectivity index (χ1) is 7.76. The van der Waals surface area contributed by atoms with Gasteiger partial charge in [0.25, 0.3) is 0 Å². The van der Waals surface area contributed by atoms with Crippen LogP contribution in [0.3, 0.4) is 0 Å². The molecule has 2 N–H and O–H groups in total. The molecule has 0 fully saturated rings. The van der Waals surface area contributed by atoms with Gasteiger partial charge in [0, 0.05) is 26.3 Å². The Morgan fingerprint density at radius 1 is 1.31 bits per heavy atom. The summed E-state index contributed by atoms with van der Waals surface area (Å²) in [6.07, 6.45) is 0.722. The highest BCUT2D eigenvalue weighted by Crippen LogP contribution is 2.03. The van der Waals surface area contributed by atoms with Gasteiger partial charge in [-0.1, -0.05) is 29.8 Å². The lowest BCUT2D eigenvalue weighted by Crippen LogP contribution is -2.33. The summed E-state index contributed by atoms with van der Waals surface area (Å²) in [6, 6.07) is 8.66. The van der Waals surface area contributed by atoms with Crippen LogP contribution in [0.25, 0.3) is 0 Å². The molecule has 1 aromatic carbocycles. The Balaban J connectivity index is 2.38. The highest BCUT2D eigenvalue weighted by molar-refractivity contribution is 5.21. The van der Waals surface area contributed by atoms with Crippen molar-refractivity contribution >= 4 is 0 Å². The van der Waals surface area contributed by atoms with Crippen molar-refractivity contribution in [1.29, 1.82) is 0 Å². The maximum atomic E-state index is 8.90. The molecular formula is C13H21NO2. The summed E-state index contributed by atoms with van der Waals surface area (Å²) >= 11 is 0. The fraction of sp³-hybridized carbons (Fsp3) is 0.538. The zero-order valence-corrected chi connectivity index (χ0v) is 10.1. The van der Waals surface area contributed by atoms with Crippen molar-refractivity contribution in [1.82, 2.24) is 5.32 Å². The summed E-state index contributed by atoms with van der Waals surface area (Å²) in [7, 11) is 1.68. The van der Waals surface area contributed by atoms with Crippen LogP contribution in [0.5, 0.6) is 0 Å². The second-order valence-electron chi connectivity index (χ2n) is 4.03. The smallest absolute Gasteiger partial charge is 0.0616 e. The van der Waals surface area contributed by atoms with Crippen molar-refractivity contribution in [3.05, 3.63) is 35.4 Å². The molecule has 0 aliphatic rings. The molecule has 0 saturated carbocycles. The first kappa shape index (κ1) is 13.2. The molecule has 90 valence electrons. The van der Waals surface area contributed by atoms with Crippen molar-refractivity contribution in [2.45, 2.75) is 25.9 Å². The molecule has 0 aromatic heterocycles. The number of aliphatic hydroxyl groups excluding tert-OH is 1. The van der Waals surface area contributed by atoms with Gasteiger partial charge in [0.05, 0.1) is 6.61 Å². The van der Waals surface area contributed by atoms with E-state index in [4.69, 9.17) is 9.84 Å². The van der Waals surface area contributed by atoms with Gasteiger partial charge in [0.2, 0.25) is 0 Å². The molecule has 1 unspecified atom stereocenters. The summed E-state index contributed by atoms with van der Waals surface area (Å²) in [6.45, 7) is 3.71. The van der Waals surface area contributed by atoms with Gasteiger partial charge in [0.1, 0.15) is 0 Å². The number of methoxy groups -OCH3 is 1. The SMILES string of the molecule is COCC(CCO)NCc1ccc(C)cc1. The first-order valence-corrected chi connectivity index (χ1v) is 5.65. The van der Waals surface area contributed by atoms with Gasteiger partial charge >= 0.3 is 0 Å². The zero-order valence-electron chi connectivity index (χ0n) is 10.1. The summed E-state index contributed by atoms with van der Waals surface area (Å²) in [5.74, 6) is 0. The maximum absolute atomic E-state index is 8.90. The highest BCUT2D eigenvalue weighted by atomic mass is 16.5. The summed E-state index contributed by atoms with van der Waals surface area (Å²) in [5.41, 5.74) is 2.53. The minimum Gasteiger partial charge on any atom is -0.396 e. The van der Waals surface area contributed by atoms with Crippen molar-refractivity contribution in [3.63, 3.8) is 0 Å². The number of benzene rings is 1. The molecular weight excluding hydrogens is 202 g/mol. The van der Waals surface area contributed by atoms with Crippen molar-refractivity contribution in [3.8, 4) is 0 Å². The number of aliphatic hydroxyl groups is 1. The summed E-state index contributed by atoms with van der Waals surface area (Å²) in [5, 5.41) is 12.3. The Morgan fingerprint density at radius 2 is 2.00 bits per heavy atom. The van der Waals surface area contributed by atoms with Crippen LogP contribution in [0.1, 0.15) is 17.5 Å². The van der Waals surface area contributed by atoms with Gasteiger partial charge in [0.15, 0.2) is 0 Å². The molecule has 3 heteroatoms. The van der Waals surface area contributed by atoms with E-state index in [1.54, 1.807) is 7.11 Å². The van der Waals surface area contributed by atoms with Crippen LogP contribution in [-0.4, -0.2) is 31.5 Å². The summed E-state index contributed by atoms with van der Waals surface area (Å²) in [4.78, 5) is 0. The Morgan fingerprint density at radius 3 is 2.56 bits per heavy atom. The molecule has 0 amide bonds. The monoisotopic (exact) mass is 223 g/mol. The standard InChI is InChI=1S/C13H21NO2/c1-11-3-5-12(6-4-11)9-14-13(7-8-15)10-16-2/h3-6,13-15H,7-10H2,1-2H3. The highest BCUT2D eigenvalue weighted by Gasteiger charge is 2.06. The predicted molar refractivity (Wildman–Crippen MR) is 65.4 cm³/mol. The van der Waals surface area contributed by atoms with Gasteiger partial charge in [-0.3, -0.25) is 0 Å².